The maximum absolute atomic E-state index is 11.1. The molecule has 1 unspecified atom stereocenters. The molecule has 0 aromatic carbocycles. The van der Waals surface area contributed by atoms with Crippen LogP contribution < -0.4 is 5.73 Å². The molecule has 0 aromatic heterocycles. The molecule has 1 aliphatic rings. The first-order chi connectivity index (χ1) is 6.69. The number of piperazine rings is 1. The van der Waals surface area contributed by atoms with Crippen molar-refractivity contribution in [2.75, 3.05) is 32.7 Å². The first kappa shape index (κ1) is 11.5. The van der Waals surface area contributed by atoms with Crippen LogP contribution in [0.15, 0.2) is 0 Å². The number of nitrogens with zero attached hydrogens (tertiary/aromatic N) is 2. The van der Waals surface area contributed by atoms with E-state index in [2.05, 4.69) is 11.8 Å². The number of hydrogen-bond acceptors (Lipinski definition) is 3. The summed E-state index contributed by atoms with van der Waals surface area (Å²) in [7, 11) is 0. The van der Waals surface area contributed by atoms with Gasteiger partial charge in [-0.3, -0.25) is 9.69 Å². The third-order valence-electron chi connectivity index (χ3n) is 3.02. The standard InChI is InChI=1S/C10H21N3O/c1-3-10(8-11)13-6-4-12(5-7-13)9(2)14/h10H,3-8,11H2,1-2H3. The minimum Gasteiger partial charge on any atom is -0.340 e. The number of carbonyl (C=O) groups excluding carboxylic acids is 1. The molecule has 1 rings (SSSR count). The maximum atomic E-state index is 11.1. The number of rotatable bonds is 3. The van der Waals surface area contributed by atoms with Crippen molar-refractivity contribution in [1.82, 2.24) is 9.80 Å². The third kappa shape index (κ3) is 2.69. The van der Waals surface area contributed by atoms with Crippen molar-refractivity contribution >= 4 is 5.91 Å². The summed E-state index contributed by atoms with van der Waals surface area (Å²) < 4.78 is 0. The molecular formula is C10H21N3O. The lowest BCUT2D eigenvalue weighted by molar-refractivity contribution is -0.130. The second kappa shape index (κ2) is 5.32. The molecule has 2 N–H and O–H groups in total. The lowest BCUT2D eigenvalue weighted by Crippen LogP contribution is -2.53. The minimum atomic E-state index is 0.186. The first-order valence-electron chi connectivity index (χ1n) is 5.38. The van der Waals surface area contributed by atoms with Gasteiger partial charge in [0.15, 0.2) is 0 Å². The van der Waals surface area contributed by atoms with Crippen molar-refractivity contribution in [1.29, 1.82) is 0 Å². The molecule has 0 spiro atoms. The van der Waals surface area contributed by atoms with Gasteiger partial charge in [0.05, 0.1) is 0 Å². The van der Waals surface area contributed by atoms with Crippen LogP contribution in [0.3, 0.4) is 0 Å². The van der Waals surface area contributed by atoms with E-state index in [1.807, 2.05) is 4.90 Å². The lowest BCUT2D eigenvalue weighted by atomic mass is 10.1. The number of hydrogen-bond donors (Lipinski definition) is 1. The van der Waals surface area contributed by atoms with E-state index in [0.29, 0.717) is 6.04 Å². The normalized spacial score (nSPS) is 20.9. The molecule has 14 heavy (non-hydrogen) atoms. The summed E-state index contributed by atoms with van der Waals surface area (Å²) in [5.41, 5.74) is 5.69. The average Bonchev–Trinajstić information content (AvgIpc) is 2.20. The van der Waals surface area contributed by atoms with Gasteiger partial charge >= 0.3 is 0 Å². The summed E-state index contributed by atoms with van der Waals surface area (Å²) in [5.74, 6) is 0.186. The van der Waals surface area contributed by atoms with Crippen molar-refractivity contribution in [3.63, 3.8) is 0 Å². The molecule has 0 bridgehead atoms. The van der Waals surface area contributed by atoms with Crippen molar-refractivity contribution in [3.05, 3.63) is 0 Å². The van der Waals surface area contributed by atoms with Crippen LogP contribution in [-0.4, -0.2) is 54.5 Å². The summed E-state index contributed by atoms with van der Waals surface area (Å²) in [6.07, 6.45) is 1.09. The number of amides is 1. The fraction of sp³-hybridized carbons (Fsp3) is 0.900. The van der Waals surface area contributed by atoms with E-state index in [9.17, 15) is 4.79 Å². The molecule has 1 amide bonds. The molecule has 1 fully saturated rings. The van der Waals surface area contributed by atoms with Crippen LogP contribution in [0.1, 0.15) is 20.3 Å². The van der Waals surface area contributed by atoms with Crippen molar-refractivity contribution in [3.8, 4) is 0 Å². The van der Waals surface area contributed by atoms with Gasteiger partial charge < -0.3 is 10.6 Å². The topological polar surface area (TPSA) is 49.6 Å². The Morgan fingerprint density at radius 1 is 1.36 bits per heavy atom. The van der Waals surface area contributed by atoms with Gasteiger partial charge in [-0.15, -0.1) is 0 Å². The molecule has 0 aromatic rings. The monoisotopic (exact) mass is 199 g/mol. The maximum Gasteiger partial charge on any atom is 0.219 e. The smallest absolute Gasteiger partial charge is 0.219 e. The summed E-state index contributed by atoms with van der Waals surface area (Å²) in [4.78, 5) is 15.4. The molecule has 1 atom stereocenters. The Bertz CT molecular complexity index is 184. The van der Waals surface area contributed by atoms with E-state index in [4.69, 9.17) is 5.73 Å². The fourth-order valence-electron chi connectivity index (χ4n) is 1.98. The molecule has 1 heterocycles. The van der Waals surface area contributed by atoms with Gasteiger partial charge in [0.1, 0.15) is 0 Å². The second-order valence-corrected chi connectivity index (χ2v) is 3.84. The second-order valence-electron chi connectivity index (χ2n) is 3.84. The predicted octanol–water partition coefficient (Wildman–Crippen LogP) is -0.112. The Morgan fingerprint density at radius 2 is 1.93 bits per heavy atom. The molecule has 4 nitrogen and oxygen atoms in total. The van der Waals surface area contributed by atoms with Crippen LogP contribution in [0.5, 0.6) is 0 Å². The number of nitrogens with two attached hydrogens (primary N) is 1. The van der Waals surface area contributed by atoms with Gasteiger partial charge in [0.2, 0.25) is 5.91 Å². The van der Waals surface area contributed by atoms with Crippen LogP contribution in [0.25, 0.3) is 0 Å². The molecule has 0 aliphatic carbocycles. The van der Waals surface area contributed by atoms with Crippen molar-refractivity contribution in [2.24, 2.45) is 5.73 Å². The Kier molecular flexibility index (Phi) is 4.35. The first-order valence-corrected chi connectivity index (χ1v) is 5.38. The fourth-order valence-corrected chi connectivity index (χ4v) is 1.98. The highest BCUT2D eigenvalue weighted by Gasteiger charge is 2.22. The summed E-state index contributed by atoms with van der Waals surface area (Å²) in [6, 6.07) is 0.490. The van der Waals surface area contributed by atoms with Crippen LogP contribution >= 0.6 is 0 Å². The average molecular weight is 199 g/mol. The van der Waals surface area contributed by atoms with Crippen LogP contribution in [-0.2, 0) is 4.79 Å². The molecule has 1 saturated heterocycles. The molecule has 82 valence electrons. The van der Waals surface area contributed by atoms with Gasteiger partial charge in [-0.05, 0) is 6.42 Å². The minimum absolute atomic E-state index is 0.186. The van der Waals surface area contributed by atoms with Crippen molar-refractivity contribution in [2.45, 2.75) is 26.3 Å². The summed E-state index contributed by atoms with van der Waals surface area (Å²) in [5, 5.41) is 0. The van der Waals surface area contributed by atoms with E-state index in [0.717, 1.165) is 39.1 Å². The quantitative estimate of drug-likeness (QED) is 0.690. The van der Waals surface area contributed by atoms with Gasteiger partial charge in [0, 0.05) is 45.7 Å². The van der Waals surface area contributed by atoms with E-state index in [1.54, 1.807) is 6.92 Å². The molecule has 0 saturated carbocycles. The molecular weight excluding hydrogens is 178 g/mol. The van der Waals surface area contributed by atoms with Crippen molar-refractivity contribution < 1.29 is 4.79 Å². The Balaban J connectivity index is 2.38. The third-order valence-corrected chi connectivity index (χ3v) is 3.02. The lowest BCUT2D eigenvalue weighted by Gasteiger charge is -2.38. The summed E-state index contributed by atoms with van der Waals surface area (Å²) >= 11 is 0. The van der Waals surface area contributed by atoms with E-state index < -0.39 is 0 Å². The van der Waals surface area contributed by atoms with Crippen LogP contribution in [0.4, 0.5) is 0 Å². The summed E-state index contributed by atoms with van der Waals surface area (Å²) in [6.45, 7) is 8.16. The molecule has 0 radical (unpaired) electrons. The van der Waals surface area contributed by atoms with Gasteiger partial charge in [-0.2, -0.15) is 0 Å². The Hall–Kier alpha value is -0.610. The Labute approximate surface area is 86.0 Å². The predicted molar refractivity (Wildman–Crippen MR) is 57.0 cm³/mol. The number of carbonyl (C=O) groups is 1. The zero-order chi connectivity index (χ0) is 10.6. The molecule has 1 aliphatic heterocycles. The van der Waals surface area contributed by atoms with E-state index in [1.165, 1.54) is 0 Å². The van der Waals surface area contributed by atoms with Crippen LogP contribution in [0.2, 0.25) is 0 Å². The highest BCUT2D eigenvalue weighted by Crippen LogP contribution is 2.08. The Morgan fingerprint density at radius 3 is 2.29 bits per heavy atom. The molecule has 4 heteroatoms. The largest absolute Gasteiger partial charge is 0.340 e. The highest BCUT2D eigenvalue weighted by molar-refractivity contribution is 5.73. The zero-order valence-corrected chi connectivity index (χ0v) is 9.20. The van der Waals surface area contributed by atoms with E-state index in [-0.39, 0.29) is 5.91 Å². The van der Waals surface area contributed by atoms with Gasteiger partial charge in [-0.25, -0.2) is 0 Å². The van der Waals surface area contributed by atoms with E-state index >= 15 is 0 Å². The zero-order valence-electron chi connectivity index (χ0n) is 9.20. The van der Waals surface area contributed by atoms with Gasteiger partial charge in [-0.1, -0.05) is 6.92 Å². The van der Waals surface area contributed by atoms with Crippen LogP contribution in [0, 0.1) is 0 Å². The van der Waals surface area contributed by atoms with Gasteiger partial charge in [0.25, 0.3) is 0 Å². The highest BCUT2D eigenvalue weighted by atomic mass is 16.2. The SMILES string of the molecule is CCC(CN)N1CCN(C(C)=O)CC1.